The van der Waals surface area contributed by atoms with Crippen LogP contribution >= 0.6 is 0 Å². The summed E-state index contributed by atoms with van der Waals surface area (Å²) >= 11 is 0. The quantitative estimate of drug-likeness (QED) is 0.654. The molecule has 2 heterocycles. The maximum atomic E-state index is 11.8. The fraction of sp³-hybridized carbons (Fsp3) is 0.333. The number of carbonyl (C=O) groups excluding carboxylic acids is 2. The maximum Gasteiger partial charge on any atom is 0.254 e. The molecule has 0 spiro atoms. The van der Waals surface area contributed by atoms with Crippen molar-refractivity contribution in [2.24, 2.45) is 5.73 Å². The Morgan fingerprint density at radius 1 is 1.27 bits per heavy atom. The highest BCUT2D eigenvalue weighted by atomic mass is 16.2. The van der Waals surface area contributed by atoms with Crippen LogP contribution < -0.4 is 21.7 Å². The third-order valence-electron chi connectivity index (χ3n) is 4.46. The average molecular weight is 352 g/mol. The summed E-state index contributed by atoms with van der Waals surface area (Å²) in [5.41, 5.74) is 8.35. The summed E-state index contributed by atoms with van der Waals surface area (Å²) in [6.07, 6.45) is 5.77. The molecule has 1 aliphatic carbocycles. The van der Waals surface area contributed by atoms with Crippen molar-refractivity contribution in [2.75, 3.05) is 16.0 Å². The van der Waals surface area contributed by atoms with E-state index in [4.69, 9.17) is 5.73 Å². The number of primary amides is 1. The minimum atomic E-state index is -0.563. The van der Waals surface area contributed by atoms with Crippen molar-refractivity contribution in [3.05, 3.63) is 35.5 Å². The van der Waals surface area contributed by atoms with E-state index < -0.39 is 5.91 Å². The summed E-state index contributed by atoms with van der Waals surface area (Å²) in [5, 5.41) is 9.26. The Bertz CT molecular complexity index is 878. The predicted molar refractivity (Wildman–Crippen MR) is 98.5 cm³/mol. The van der Waals surface area contributed by atoms with Gasteiger partial charge in [-0.05, 0) is 43.4 Å². The standard InChI is InChI=1S/C18H20N6O2/c19-16(26)13-9-20-18(24-17(13)21-11-6-7-11)22-12-5-4-10-2-1-3-15(25)23-14(10)8-12/h4-5,8-9,11H,1-3,6-7H2,(H2,19,26)(H,23,25)(H2,20,21,22,24). The second kappa shape index (κ2) is 6.62. The van der Waals surface area contributed by atoms with E-state index in [-0.39, 0.29) is 11.5 Å². The number of fused-ring (bicyclic) bond motifs is 1. The lowest BCUT2D eigenvalue weighted by Crippen LogP contribution is -2.17. The fourth-order valence-corrected chi connectivity index (χ4v) is 2.92. The van der Waals surface area contributed by atoms with Crippen LogP contribution in [0.15, 0.2) is 24.4 Å². The third kappa shape index (κ3) is 3.58. The number of hydrogen-bond acceptors (Lipinski definition) is 6. The molecule has 1 aromatic carbocycles. The lowest BCUT2D eigenvalue weighted by molar-refractivity contribution is -0.116. The second-order valence-corrected chi connectivity index (χ2v) is 6.64. The summed E-state index contributed by atoms with van der Waals surface area (Å²) in [6, 6.07) is 6.12. The van der Waals surface area contributed by atoms with E-state index in [9.17, 15) is 9.59 Å². The average Bonchev–Trinajstić information content (AvgIpc) is 3.41. The van der Waals surface area contributed by atoms with Crippen LogP contribution in [0.2, 0.25) is 0 Å². The maximum absolute atomic E-state index is 11.8. The summed E-state index contributed by atoms with van der Waals surface area (Å²) in [5.74, 6) is 0.268. The van der Waals surface area contributed by atoms with Crippen LogP contribution in [-0.4, -0.2) is 27.8 Å². The van der Waals surface area contributed by atoms with Crippen molar-refractivity contribution in [3.8, 4) is 0 Å². The Hall–Kier alpha value is -3.16. The highest BCUT2D eigenvalue weighted by molar-refractivity contribution is 5.97. The van der Waals surface area contributed by atoms with E-state index >= 15 is 0 Å². The first-order valence-corrected chi connectivity index (χ1v) is 8.71. The highest BCUT2D eigenvalue weighted by Crippen LogP contribution is 2.28. The van der Waals surface area contributed by atoms with Gasteiger partial charge in [-0.2, -0.15) is 4.98 Å². The van der Waals surface area contributed by atoms with Crippen molar-refractivity contribution < 1.29 is 9.59 Å². The van der Waals surface area contributed by atoms with E-state index in [0.717, 1.165) is 42.6 Å². The lowest BCUT2D eigenvalue weighted by Gasteiger charge is -2.13. The van der Waals surface area contributed by atoms with Crippen LogP contribution in [-0.2, 0) is 11.2 Å². The van der Waals surface area contributed by atoms with E-state index in [0.29, 0.717) is 24.2 Å². The number of hydrogen-bond donors (Lipinski definition) is 4. The molecule has 8 nitrogen and oxygen atoms in total. The zero-order valence-corrected chi connectivity index (χ0v) is 14.2. The van der Waals surface area contributed by atoms with E-state index in [1.165, 1.54) is 6.20 Å². The number of amides is 2. The molecule has 0 radical (unpaired) electrons. The topological polar surface area (TPSA) is 122 Å². The molecule has 0 bridgehead atoms. The molecule has 1 saturated carbocycles. The second-order valence-electron chi connectivity index (χ2n) is 6.64. The van der Waals surface area contributed by atoms with Crippen LogP contribution in [0.3, 0.4) is 0 Å². The van der Waals surface area contributed by atoms with Crippen LogP contribution in [0.25, 0.3) is 0 Å². The van der Waals surface area contributed by atoms with Crippen LogP contribution in [0.4, 0.5) is 23.1 Å². The van der Waals surface area contributed by atoms with Crippen LogP contribution in [0, 0.1) is 0 Å². The summed E-state index contributed by atoms with van der Waals surface area (Å²) < 4.78 is 0. The van der Waals surface area contributed by atoms with Crippen LogP contribution in [0.5, 0.6) is 0 Å². The molecule has 2 aromatic rings. The SMILES string of the molecule is NC(=O)c1cnc(Nc2ccc3c(c2)NC(=O)CCC3)nc1NC1CC1. The van der Waals surface area contributed by atoms with E-state index in [1.54, 1.807) is 0 Å². The van der Waals surface area contributed by atoms with Crippen molar-refractivity contribution in [1.82, 2.24) is 9.97 Å². The molecule has 1 fully saturated rings. The summed E-state index contributed by atoms with van der Waals surface area (Å²) in [4.78, 5) is 31.9. The molecule has 8 heteroatoms. The summed E-state index contributed by atoms with van der Waals surface area (Å²) in [7, 11) is 0. The van der Waals surface area contributed by atoms with Gasteiger partial charge >= 0.3 is 0 Å². The zero-order valence-electron chi connectivity index (χ0n) is 14.2. The largest absolute Gasteiger partial charge is 0.367 e. The van der Waals surface area contributed by atoms with Crippen LogP contribution in [0.1, 0.15) is 41.6 Å². The molecule has 1 aromatic heterocycles. The zero-order chi connectivity index (χ0) is 18.1. The number of aryl methyl sites for hydroxylation is 1. The number of nitrogens with one attached hydrogen (secondary N) is 3. The number of anilines is 4. The van der Waals surface area contributed by atoms with Gasteiger partial charge < -0.3 is 21.7 Å². The van der Waals surface area contributed by atoms with E-state index in [1.807, 2.05) is 18.2 Å². The van der Waals surface area contributed by atoms with Gasteiger partial charge in [-0.3, -0.25) is 9.59 Å². The molecule has 4 rings (SSSR count). The van der Waals surface area contributed by atoms with Gasteiger partial charge in [0.25, 0.3) is 5.91 Å². The molecular weight excluding hydrogens is 332 g/mol. The molecule has 0 saturated heterocycles. The first kappa shape index (κ1) is 16.3. The minimum absolute atomic E-state index is 0.0267. The fourth-order valence-electron chi connectivity index (χ4n) is 2.92. The van der Waals surface area contributed by atoms with Crippen molar-refractivity contribution in [1.29, 1.82) is 0 Å². The van der Waals surface area contributed by atoms with Gasteiger partial charge in [0.05, 0.1) is 5.56 Å². The highest BCUT2D eigenvalue weighted by Gasteiger charge is 2.24. The van der Waals surface area contributed by atoms with Gasteiger partial charge in [0.1, 0.15) is 5.82 Å². The number of aromatic nitrogens is 2. The van der Waals surface area contributed by atoms with Gasteiger partial charge in [0, 0.05) is 30.0 Å². The normalized spacial score (nSPS) is 16.2. The minimum Gasteiger partial charge on any atom is -0.367 e. The molecule has 0 unspecified atom stereocenters. The Kier molecular flexibility index (Phi) is 4.16. The van der Waals surface area contributed by atoms with Gasteiger partial charge in [-0.15, -0.1) is 0 Å². The number of rotatable bonds is 5. The van der Waals surface area contributed by atoms with Crippen molar-refractivity contribution >= 4 is 35.0 Å². The molecule has 5 N–H and O–H groups in total. The molecule has 1 aliphatic heterocycles. The molecule has 26 heavy (non-hydrogen) atoms. The monoisotopic (exact) mass is 352 g/mol. The first-order chi connectivity index (χ1) is 12.6. The predicted octanol–water partition coefficient (Wildman–Crippen LogP) is 2.17. The smallest absolute Gasteiger partial charge is 0.254 e. The lowest BCUT2D eigenvalue weighted by atomic mass is 10.1. The molecule has 134 valence electrons. The van der Waals surface area contributed by atoms with Gasteiger partial charge in [-0.25, -0.2) is 4.98 Å². The van der Waals surface area contributed by atoms with Gasteiger partial charge in [0.15, 0.2) is 0 Å². The Labute approximate surface area is 150 Å². The van der Waals surface area contributed by atoms with Crippen molar-refractivity contribution in [3.63, 3.8) is 0 Å². The Morgan fingerprint density at radius 3 is 2.88 bits per heavy atom. The Balaban J connectivity index is 1.58. The third-order valence-corrected chi connectivity index (χ3v) is 4.46. The first-order valence-electron chi connectivity index (χ1n) is 8.71. The Morgan fingerprint density at radius 2 is 2.12 bits per heavy atom. The molecule has 2 aliphatic rings. The van der Waals surface area contributed by atoms with Gasteiger partial charge in [-0.1, -0.05) is 6.07 Å². The summed E-state index contributed by atoms with van der Waals surface area (Å²) in [6.45, 7) is 0. The number of carbonyl (C=O) groups is 2. The number of benzene rings is 1. The molecular formula is C18H20N6O2. The van der Waals surface area contributed by atoms with Gasteiger partial charge in [0.2, 0.25) is 11.9 Å². The van der Waals surface area contributed by atoms with Crippen molar-refractivity contribution in [2.45, 2.75) is 38.1 Å². The van der Waals surface area contributed by atoms with E-state index in [2.05, 4.69) is 25.9 Å². The number of nitrogens with two attached hydrogens (primary N) is 1. The molecule has 2 amide bonds. The number of nitrogens with zero attached hydrogens (tertiary/aromatic N) is 2. The molecule has 0 atom stereocenters.